The fraction of sp³-hybridized carbons (Fsp3) is 0.640. The molecule has 178 valence electrons. The topological polar surface area (TPSA) is 88.2 Å². The molecule has 0 spiro atoms. The lowest BCUT2D eigenvalue weighted by molar-refractivity contribution is -0.136. The summed E-state index contributed by atoms with van der Waals surface area (Å²) in [6.45, 7) is 9.61. The van der Waals surface area contributed by atoms with Gasteiger partial charge in [-0.1, -0.05) is 13.8 Å². The lowest BCUT2D eigenvalue weighted by Crippen LogP contribution is -2.60. The summed E-state index contributed by atoms with van der Waals surface area (Å²) in [5, 5.41) is 2.35. The molecule has 33 heavy (non-hydrogen) atoms. The Bertz CT molecular complexity index is 959. The number of imide groups is 1. The highest BCUT2D eigenvalue weighted by Gasteiger charge is 2.47. The Morgan fingerprint density at radius 1 is 1.12 bits per heavy atom. The summed E-state index contributed by atoms with van der Waals surface area (Å²) in [6.07, 6.45) is 2.15. The summed E-state index contributed by atoms with van der Waals surface area (Å²) in [5.74, 6) is 0.928. The summed E-state index contributed by atoms with van der Waals surface area (Å²) < 4.78 is 12.3. The number of nitrogens with one attached hydrogen (secondary N) is 1. The van der Waals surface area contributed by atoms with Crippen molar-refractivity contribution in [2.24, 2.45) is 11.8 Å². The monoisotopic (exact) mass is 455 g/mol. The van der Waals surface area contributed by atoms with Gasteiger partial charge >= 0.3 is 0 Å². The molecule has 8 nitrogen and oxygen atoms in total. The van der Waals surface area contributed by atoms with Crippen molar-refractivity contribution in [3.63, 3.8) is 0 Å². The molecule has 2 saturated heterocycles. The van der Waals surface area contributed by atoms with Crippen molar-refractivity contribution in [3.05, 3.63) is 29.3 Å². The van der Waals surface area contributed by atoms with Crippen LogP contribution in [0.5, 0.6) is 5.75 Å². The van der Waals surface area contributed by atoms with Crippen molar-refractivity contribution in [2.75, 3.05) is 19.7 Å². The highest BCUT2D eigenvalue weighted by molar-refractivity contribution is 6.05. The number of ether oxygens (including phenoxy) is 2. The molecule has 1 N–H and O–H groups in total. The van der Waals surface area contributed by atoms with Crippen LogP contribution in [0, 0.1) is 11.8 Å². The number of nitrogens with zero attached hydrogens (tertiary/aromatic N) is 2. The number of hydrogen-bond acceptors (Lipinski definition) is 6. The number of hydrogen-bond donors (Lipinski definition) is 1. The van der Waals surface area contributed by atoms with E-state index in [-0.39, 0.29) is 30.2 Å². The molecule has 0 bridgehead atoms. The molecule has 3 amide bonds. The van der Waals surface area contributed by atoms with Crippen LogP contribution in [0.15, 0.2) is 18.2 Å². The number of fused-ring (bicyclic) bond motifs is 1. The molecule has 8 heteroatoms. The van der Waals surface area contributed by atoms with Gasteiger partial charge in [0, 0.05) is 44.3 Å². The Morgan fingerprint density at radius 3 is 2.64 bits per heavy atom. The summed E-state index contributed by atoms with van der Waals surface area (Å²) in [7, 11) is 0. The van der Waals surface area contributed by atoms with Crippen molar-refractivity contribution in [3.8, 4) is 5.75 Å². The predicted octanol–water partition coefficient (Wildman–Crippen LogP) is 1.96. The number of carbonyl (C=O) groups is 3. The fourth-order valence-corrected chi connectivity index (χ4v) is 6.11. The first kappa shape index (κ1) is 22.3. The molecule has 2 unspecified atom stereocenters. The average Bonchev–Trinajstić information content (AvgIpc) is 3.20. The van der Waals surface area contributed by atoms with Gasteiger partial charge in [0.15, 0.2) is 0 Å². The standard InChI is InChI=1S/C25H33N3O5/c1-4-32-18-12-27(13-18)22-14(2)9-15(3)23(22)33-17-5-6-19-16(10-17)11-28(25(19)31)20-7-8-21(29)26-24(20)30/h5-6,10,14-15,18,20,22-23H,4,7-9,11-13H2,1-3H3,(H,26,29,30)/t14-,15+,20?,22?,23-/m1/s1. The SMILES string of the molecule is CCOC1CN(C2[C@H](C)C[C@H](C)[C@H]2Oc2ccc3c(c2)CN(C2CCC(=O)NC2=O)C3=O)C1. The molecule has 1 saturated carbocycles. The molecule has 3 heterocycles. The van der Waals surface area contributed by atoms with Crippen LogP contribution in [0.3, 0.4) is 0 Å². The van der Waals surface area contributed by atoms with Crippen LogP contribution >= 0.6 is 0 Å². The first-order valence-corrected chi connectivity index (χ1v) is 12.2. The largest absolute Gasteiger partial charge is 0.489 e. The normalized spacial score (nSPS) is 32.6. The van der Waals surface area contributed by atoms with Gasteiger partial charge in [-0.25, -0.2) is 0 Å². The number of piperidine rings is 1. The van der Waals surface area contributed by atoms with Gasteiger partial charge in [0.25, 0.3) is 5.91 Å². The van der Waals surface area contributed by atoms with Gasteiger partial charge in [-0.15, -0.1) is 0 Å². The van der Waals surface area contributed by atoms with Gasteiger partial charge in [0.05, 0.1) is 6.10 Å². The Hall–Kier alpha value is -2.45. The molecule has 1 aromatic carbocycles. The van der Waals surface area contributed by atoms with E-state index in [1.165, 1.54) is 0 Å². The maximum Gasteiger partial charge on any atom is 0.255 e. The van der Waals surface area contributed by atoms with E-state index >= 15 is 0 Å². The van der Waals surface area contributed by atoms with Gasteiger partial charge in [0.2, 0.25) is 11.8 Å². The van der Waals surface area contributed by atoms with Crippen LogP contribution in [-0.2, 0) is 20.9 Å². The number of benzene rings is 1. The van der Waals surface area contributed by atoms with Gasteiger partial charge < -0.3 is 14.4 Å². The lowest BCUT2D eigenvalue weighted by Gasteiger charge is -2.46. The maximum absolute atomic E-state index is 12.9. The van der Waals surface area contributed by atoms with Crippen molar-refractivity contribution in [1.29, 1.82) is 0 Å². The smallest absolute Gasteiger partial charge is 0.255 e. The molecule has 0 aromatic heterocycles. The highest BCUT2D eigenvalue weighted by atomic mass is 16.5. The second-order valence-corrected chi connectivity index (χ2v) is 10.0. The molecule has 4 aliphatic rings. The maximum atomic E-state index is 12.9. The zero-order chi connectivity index (χ0) is 23.3. The van der Waals surface area contributed by atoms with Crippen LogP contribution in [0.1, 0.15) is 56.0 Å². The third-order valence-corrected chi connectivity index (χ3v) is 7.69. The number of likely N-dealkylation sites (tertiary alicyclic amines) is 1. The highest BCUT2D eigenvalue weighted by Crippen LogP contribution is 2.40. The fourth-order valence-electron chi connectivity index (χ4n) is 6.11. The van der Waals surface area contributed by atoms with Gasteiger partial charge in [-0.3, -0.25) is 24.6 Å². The van der Waals surface area contributed by atoms with Crippen molar-refractivity contribution in [1.82, 2.24) is 15.1 Å². The Kier molecular flexibility index (Phi) is 5.91. The second-order valence-electron chi connectivity index (χ2n) is 10.0. The zero-order valence-corrected chi connectivity index (χ0v) is 19.6. The van der Waals surface area contributed by atoms with Crippen LogP contribution in [-0.4, -0.2) is 71.5 Å². The van der Waals surface area contributed by atoms with Crippen LogP contribution in [0.2, 0.25) is 0 Å². The first-order chi connectivity index (χ1) is 15.9. The van der Waals surface area contributed by atoms with Gasteiger partial charge in [0.1, 0.15) is 17.9 Å². The minimum Gasteiger partial charge on any atom is -0.489 e. The molecular weight excluding hydrogens is 422 g/mol. The van der Waals surface area contributed by atoms with E-state index in [2.05, 4.69) is 24.1 Å². The Labute approximate surface area is 194 Å². The third kappa shape index (κ3) is 4.04. The summed E-state index contributed by atoms with van der Waals surface area (Å²) in [6, 6.07) is 5.39. The Balaban J connectivity index is 1.29. The molecule has 0 radical (unpaired) electrons. The van der Waals surface area contributed by atoms with Crippen molar-refractivity contribution >= 4 is 17.7 Å². The van der Waals surface area contributed by atoms with Crippen molar-refractivity contribution < 1.29 is 23.9 Å². The van der Waals surface area contributed by atoms with E-state index < -0.39 is 6.04 Å². The average molecular weight is 456 g/mol. The van der Waals surface area contributed by atoms with E-state index in [0.717, 1.165) is 37.4 Å². The van der Waals surface area contributed by atoms with E-state index in [1.54, 1.807) is 4.90 Å². The summed E-state index contributed by atoms with van der Waals surface area (Å²) >= 11 is 0. The molecule has 1 aliphatic carbocycles. The molecule has 3 aliphatic heterocycles. The lowest BCUT2D eigenvalue weighted by atomic mass is 9.98. The minimum absolute atomic E-state index is 0.0870. The molecule has 5 rings (SSSR count). The van der Waals surface area contributed by atoms with Crippen LogP contribution < -0.4 is 10.1 Å². The van der Waals surface area contributed by atoms with Gasteiger partial charge in [-0.2, -0.15) is 0 Å². The van der Waals surface area contributed by atoms with E-state index in [9.17, 15) is 14.4 Å². The quantitative estimate of drug-likeness (QED) is 0.660. The van der Waals surface area contributed by atoms with Crippen molar-refractivity contribution in [2.45, 2.75) is 70.9 Å². The molecule has 3 fully saturated rings. The van der Waals surface area contributed by atoms with E-state index in [1.807, 2.05) is 25.1 Å². The summed E-state index contributed by atoms with van der Waals surface area (Å²) in [5.41, 5.74) is 1.48. The minimum atomic E-state index is -0.600. The molecule has 5 atom stereocenters. The second kappa shape index (κ2) is 8.72. The molecular formula is C25H33N3O5. The number of rotatable bonds is 6. The van der Waals surface area contributed by atoms with E-state index in [0.29, 0.717) is 42.5 Å². The molecule has 1 aromatic rings. The summed E-state index contributed by atoms with van der Waals surface area (Å²) in [4.78, 5) is 40.8. The number of amides is 3. The Morgan fingerprint density at radius 2 is 1.91 bits per heavy atom. The van der Waals surface area contributed by atoms with Gasteiger partial charge in [-0.05, 0) is 55.4 Å². The van der Waals surface area contributed by atoms with Crippen LogP contribution in [0.25, 0.3) is 0 Å². The third-order valence-electron chi connectivity index (χ3n) is 7.69. The van der Waals surface area contributed by atoms with Crippen LogP contribution in [0.4, 0.5) is 0 Å². The number of carbonyl (C=O) groups excluding carboxylic acids is 3. The zero-order valence-electron chi connectivity index (χ0n) is 19.6. The first-order valence-electron chi connectivity index (χ1n) is 12.2. The van der Waals surface area contributed by atoms with E-state index in [4.69, 9.17) is 9.47 Å². The predicted molar refractivity (Wildman–Crippen MR) is 121 cm³/mol.